The second-order valence-electron chi connectivity index (χ2n) is 5.14. The van der Waals surface area contributed by atoms with Crippen LogP contribution in [0.1, 0.15) is 46.5 Å². The van der Waals surface area contributed by atoms with Crippen molar-refractivity contribution < 1.29 is 9.53 Å². The summed E-state index contributed by atoms with van der Waals surface area (Å²) in [6.45, 7) is 7.40. The minimum Gasteiger partial charge on any atom is -0.460 e. The molecule has 0 aliphatic carbocycles. The van der Waals surface area contributed by atoms with Crippen molar-refractivity contribution in [2.24, 2.45) is 0 Å². The number of thioether (sulfide) groups is 1. The molecule has 0 rings (SSSR count). The largest absolute Gasteiger partial charge is 0.460 e. The Labute approximate surface area is 110 Å². The smallest absolute Gasteiger partial charge is 0.307 e. The van der Waals surface area contributed by atoms with Crippen LogP contribution in [-0.2, 0) is 9.53 Å². The zero-order chi connectivity index (χ0) is 13.1. The average Bonchev–Trinajstić information content (AvgIpc) is 2.19. The number of carbonyl (C=O) groups is 1. The quantitative estimate of drug-likeness (QED) is 0.511. The third-order valence-corrected chi connectivity index (χ3v) is 2.82. The minimum absolute atomic E-state index is 0.118. The van der Waals surface area contributed by atoms with Crippen LogP contribution in [0.2, 0.25) is 0 Å². The van der Waals surface area contributed by atoms with Crippen molar-refractivity contribution in [2.45, 2.75) is 52.1 Å². The molecule has 3 nitrogen and oxygen atoms in total. The monoisotopic (exact) mass is 261 g/mol. The molecule has 102 valence electrons. The number of nitrogens with one attached hydrogen (secondary N) is 1. The van der Waals surface area contributed by atoms with Gasteiger partial charge < -0.3 is 10.1 Å². The summed E-state index contributed by atoms with van der Waals surface area (Å²) in [6, 6.07) is 0. The van der Waals surface area contributed by atoms with Gasteiger partial charge in [-0.05, 0) is 52.2 Å². The molecule has 0 unspecified atom stereocenters. The van der Waals surface area contributed by atoms with Crippen molar-refractivity contribution >= 4 is 17.7 Å². The topological polar surface area (TPSA) is 38.3 Å². The van der Waals surface area contributed by atoms with Crippen molar-refractivity contribution in [1.29, 1.82) is 0 Å². The summed E-state index contributed by atoms with van der Waals surface area (Å²) in [4.78, 5) is 11.4. The third kappa shape index (κ3) is 13.7. The van der Waals surface area contributed by atoms with E-state index in [9.17, 15) is 4.79 Å². The molecule has 0 aliphatic rings. The molecule has 0 spiro atoms. The van der Waals surface area contributed by atoms with Crippen molar-refractivity contribution in [1.82, 2.24) is 5.32 Å². The zero-order valence-electron chi connectivity index (χ0n) is 11.7. The van der Waals surface area contributed by atoms with Gasteiger partial charge in [0.25, 0.3) is 0 Å². The van der Waals surface area contributed by atoms with Crippen LogP contribution in [0.15, 0.2) is 0 Å². The van der Waals surface area contributed by atoms with Gasteiger partial charge in [0.05, 0.1) is 6.42 Å². The molecule has 0 aromatic carbocycles. The van der Waals surface area contributed by atoms with Gasteiger partial charge in [0, 0.05) is 6.54 Å². The van der Waals surface area contributed by atoms with E-state index in [1.807, 2.05) is 32.5 Å². The molecule has 0 fully saturated rings. The van der Waals surface area contributed by atoms with Crippen LogP contribution in [0.25, 0.3) is 0 Å². The molecule has 0 bridgehead atoms. The van der Waals surface area contributed by atoms with Crippen LogP contribution in [0.5, 0.6) is 0 Å². The zero-order valence-corrected chi connectivity index (χ0v) is 12.5. The third-order valence-electron chi connectivity index (χ3n) is 2.13. The molecule has 0 aliphatic heterocycles. The average molecular weight is 261 g/mol. The van der Waals surface area contributed by atoms with E-state index in [4.69, 9.17) is 4.74 Å². The molecule has 0 radical (unpaired) electrons. The van der Waals surface area contributed by atoms with E-state index >= 15 is 0 Å². The molecular weight excluding hydrogens is 234 g/mol. The van der Waals surface area contributed by atoms with Gasteiger partial charge in [-0.15, -0.1) is 0 Å². The van der Waals surface area contributed by atoms with E-state index in [2.05, 4.69) is 11.6 Å². The highest BCUT2D eigenvalue weighted by atomic mass is 32.2. The Morgan fingerprint density at radius 2 is 1.88 bits per heavy atom. The fourth-order valence-electron chi connectivity index (χ4n) is 1.38. The van der Waals surface area contributed by atoms with E-state index in [1.165, 1.54) is 25.0 Å². The van der Waals surface area contributed by atoms with Crippen LogP contribution >= 0.6 is 11.8 Å². The predicted octanol–water partition coefficient (Wildman–Crippen LogP) is 2.84. The first kappa shape index (κ1) is 16.8. The minimum atomic E-state index is -0.366. The lowest BCUT2D eigenvalue weighted by atomic mass is 10.2. The van der Waals surface area contributed by atoms with Crippen LogP contribution in [-0.4, -0.2) is 36.7 Å². The van der Waals surface area contributed by atoms with E-state index in [-0.39, 0.29) is 11.6 Å². The molecule has 0 saturated heterocycles. The maximum atomic E-state index is 11.4. The van der Waals surface area contributed by atoms with Crippen molar-refractivity contribution in [3.8, 4) is 0 Å². The highest BCUT2D eigenvalue weighted by Gasteiger charge is 2.15. The van der Waals surface area contributed by atoms with Gasteiger partial charge in [0.1, 0.15) is 5.60 Å². The van der Waals surface area contributed by atoms with Gasteiger partial charge in [-0.25, -0.2) is 0 Å². The molecule has 1 N–H and O–H groups in total. The highest BCUT2D eigenvalue weighted by molar-refractivity contribution is 7.98. The number of hydrogen-bond acceptors (Lipinski definition) is 4. The lowest BCUT2D eigenvalue weighted by Crippen LogP contribution is -2.27. The number of esters is 1. The van der Waals surface area contributed by atoms with Crippen LogP contribution in [0.4, 0.5) is 0 Å². The standard InChI is InChI=1S/C13H27NO2S/c1-13(2,3)16-12(15)8-10-14-9-6-5-7-11-17-4/h14H,5-11H2,1-4H3. The summed E-state index contributed by atoms with van der Waals surface area (Å²) < 4.78 is 5.22. The van der Waals surface area contributed by atoms with Gasteiger partial charge in [-0.3, -0.25) is 4.79 Å². The first-order valence-electron chi connectivity index (χ1n) is 6.37. The maximum absolute atomic E-state index is 11.4. The van der Waals surface area contributed by atoms with E-state index in [1.54, 1.807) is 0 Å². The fourth-order valence-corrected chi connectivity index (χ4v) is 1.87. The second kappa shape index (κ2) is 9.77. The van der Waals surface area contributed by atoms with Crippen LogP contribution in [0.3, 0.4) is 0 Å². The molecule has 0 atom stereocenters. The summed E-state index contributed by atoms with van der Waals surface area (Å²) >= 11 is 1.90. The molecular formula is C13H27NO2S. The Kier molecular flexibility index (Phi) is 9.65. The Morgan fingerprint density at radius 3 is 2.47 bits per heavy atom. The van der Waals surface area contributed by atoms with Crippen molar-refractivity contribution in [3.05, 3.63) is 0 Å². The fraction of sp³-hybridized carbons (Fsp3) is 0.923. The maximum Gasteiger partial charge on any atom is 0.307 e. The Morgan fingerprint density at radius 1 is 1.18 bits per heavy atom. The summed E-state index contributed by atoms with van der Waals surface area (Å²) in [6.07, 6.45) is 6.34. The van der Waals surface area contributed by atoms with Gasteiger partial charge >= 0.3 is 5.97 Å². The van der Waals surface area contributed by atoms with E-state index in [0.717, 1.165) is 13.1 Å². The molecule has 0 heterocycles. The molecule has 0 aromatic rings. The Balaban J connectivity index is 3.25. The second-order valence-corrected chi connectivity index (χ2v) is 6.13. The van der Waals surface area contributed by atoms with Gasteiger partial charge in [0.15, 0.2) is 0 Å². The predicted molar refractivity (Wildman–Crippen MR) is 75.6 cm³/mol. The van der Waals surface area contributed by atoms with Gasteiger partial charge in [-0.2, -0.15) is 11.8 Å². The Hall–Kier alpha value is -0.220. The number of rotatable bonds is 9. The molecule has 0 aromatic heterocycles. The van der Waals surface area contributed by atoms with Crippen LogP contribution < -0.4 is 5.32 Å². The van der Waals surface area contributed by atoms with E-state index in [0.29, 0.717) is 6.42 Å². The molecule has 17 heavy (non-hydrogen) atoms. The summed E-state index contributed by atoms with van der Waals surface area (Å²) in [5.74, 6) is 1.13. The first-order chi connectivity index (χ1) is 7.95. The summed E-state index contributed by atoms with van der Waals surface area (Å²) in [5.41, 5.74) is -0.366. The first-order valence-corrected chi connectivity index (χ1v) is 7.76. The van der Waals surface area contributed by atoms with Crippen LogP contribution in [0, 0.1) is 0 Å². The lowest BCUT2D eigenvalue weighted by molar-refractivity contribution is -0.154. The Bertz CT molecular complexity index is 202. The van der Waals surface area contributed by atoms with Gasteiger partial charge in [0.2, 0.25) is 0 Å². The molecule has 0 saturated carbocycles. The number of carbonyl (C=O) groups excluding carboxylic acids is 1. The van der Waals surface area contributed by atoms with Crippen molar-refractivity contribution in [2.75, 3.05) is 25.1 Å². The SMILES string of the molecule is CSCCCCCNCCC(=O)OC(C)(C)C. The van der Waals surface area contributed by atoms with E-state index < -0.39 is 0 Å². The molecule has 4 heteroatoms. The highest BCUT2D eigenvalue weighted by Crippen LogP contribution is 2.07. The normalized spacial score (nSPS) is 11.5. The summed E-state index contributed by atoms with van der Waals surface area (Å²) in [7, 11) is 0. The lowest BCUT2D eigenvalue weighted by Gasteiger charge is -2.19. The summed E-state index contributed by atoms with van der Waals surface area (Å²) in [5, 5.41) is 3.27. The molecule has 0 amide bonds. The number of ether oxygens (including phenoxy) is 1. The number of hydrogen-bond donors (Lipinski definition) is 1. The van der Waals surface area contributed by atoms with Crippen molar-refractivity contribution in [3.63, 3.8) is 0 Å². The number of unbranched alkanes of at least 4 members (excludes halogenated alkanes) is 2. The van der Waals surface area contributed by atoms with Gasteiger partial charge in [-0.1, -0.05) is 6.42 Å².